The average Bonchev–Trinajstić information content (AvgIpc) is 3.53. The first-order chi connectivity index (χ1) is 26.8. The molecule has 0 spiro atoms. The highest BCUT2D eigenvalue weighted by molar-refractivity contribution is 7.05. The molecule has 9 nitrogen and oxygen atoms in total. The van der Waals surface area contributed by atoms with Gasteiger partial charge in [0.2, 0.25) is 5.91 Å². The number of nitrogens with one attached hydrogen (secondary N) is 1. The Morgan fingerprint density at radius 3 is 2.74 bits per heavy atom. The molecular formula is C41H41Cl2FN6O3S. The molecule has 13 heteroatoms. The van der Waals surface area contributed by atoms with Gasteiger partial charge in [-0.2, -0.15) is 9.64 Å². The van der Waals surface area contributed by atoms with Crippen LogP contribution in [0.4, 0.5) is 4.39 Å². The van der Waals surface area contributed by atoms with Crippen molar-refractivity contribution in [3.8, 4) is 17.2 Å². The van der Waals surface area contributed by atoms with E-state index in [4.69, 9.17) is 35.7 Å². The maximum absolute atomic E-state index is 17.4. The van der Waals surface area contributed by atoms with E-state index in [9.17, 15) is 15.2 Å². The lowest BCUT2D eigenvalue weighted by molar-refractivity contribution is -0.136. The number of carbonyl (C=O) groups is 1. The fraction of sp³-hybridized carbons (Fsp3) is 0.463. The average molecular weight is 790 g/mol. The van der Waals surface area contributed by atoms with Crippen molar-refractivity contribution in [1.29, 1.82) is 5.26 Å². The number of nitrogens with zero attached hydrogens (tertiary/aromatic N) is 5. The maximum atomic E-state index is 17.4. The number of aliphatic hydroxyl groups is 1. The Hall–Kier alpha value is -3.63. The molecule has 2 N–H and O–H groups in total. The zero-order valence-corrected chi connectivity index (χ0v) is 32.4. The third-order valence-electron chi connectivity index (χ3n) is 11.9. The summed E-state index contributed by atoms with van der Waals surface area (Å²) in [6, 6.07) is 12.0. The molecule has 1 amide bonds. The van der Waals surface area contributed by atoms with Crippen LogP contribution in [-0.4, -0.2) is 54.6 Å². The summed E-state index contributed by atoms with van der Waals surface area (Å²) >= 11 is 14.3. The van der Waals surface area contributed by atoms with E-state index in [1.807, 2.05) is 30.9 Å². The van der Waals surface area contributed by atoms with Crippen LogP contribution in [0.25, 0.3) is 32.9 Å². The molecule has 54 heavy (non-hydrogen) atoms. The summed E-state index contributed by atoms with van der Waals surface area (Å²) in [5, 5.41) is 26.3. The van der Waals surface area contributed by atoms with Gasteiger partial charge in [-0.25, -0.2) is 9.37 Å². The number of hydrogen-bond donors (Lipinski definition) is 2. The second kappa shape index (κ2) is 13.8. The van der Waals surface area contributed by atoms with Crippen molar-refractivity contribution in [2.75, 3.05) is 6.54 Å². The minimum absolute atomic E-state index is 0.0109. The Bertz CT molecular complexity index is 2450. The monoisotopic (exact) mass is 788 g/mol. The SMILES string of the molecule is [2H]C([2H])(OC1CC(c2cc3c(C(C)O)nc4c(F)c(-c5cccc(Cl)c5Cl)c(CCC#N)cc4c3n2C2C3CNC2C3)N(C(=O)C2CC2)C1C)c1cc(C)sn1. The number of pyridine rings is 1. The summed E-state index contributed by atoms with van der Waals surface area (Å²) in [7, 11) is 0. The molecule has 7 unspecified atom stereocenters. The first-order valence-electron chi connectivity index (χ1n) is 19.6. The number of hydrogen-bond acceptors (Lipinski definition) is 8. The summed E-state index contributed by atoms with van der Waals surface area (Å²) in [4.78, 5) is 21.9. The second-order valence-corrected chi connectivity index (χ2v) is 17.1. The van der Waals surface area contributed by atoms with Crippen molar-refractivity contribution in [2.45, 2.75) is 102 Å². The van der Waals surface area contributed by atoms with Gasteiger partial charge in [0, 0.05) is 63.8 Å². The fourth-order valence-electron chi connectivity index (χ4n) is 9.14. The molecule has 3 saturated heterocycles. The molecule has 2 bridgehead atoms. The van der Waals surface area contributed by atoms with Gasteiger partial charge in [0.05, 0.1) is 72.7 Å². The highest BCUT2D eigenvalue weighted by Gasteiger charge is 2.52. The van der Waals surface area contributed by atoms with Crippen molar-refractivity contribution in [3.05, 3.63) is 79.8 Å². The van der Waals surface area contributed by atoms with E-state index < -0.39 is 36.7 Å². The van der Waals surface area contributed by atoms with E-state index in [2.05, 4.69) is 20.3 Å². The summed E-state index contributed by atoms with van der Waals surface area (Å²) in [5.41, 5.74) is 3.25. The summed E-state index contributed by atoms with van der Waals surface area (Å²) in [6.45, 7) is 4.03. The van der Waals surface area contributed by atoms with E-state index in [1.165, 1.54) is 11.5 Å². The van der Waals surface area contributed by atoms with E-state index in [0.717, 1.165) is 36.4 Å². The number of aryl methyl sites for hydroxylation is 2. The highest BCUT2D eigenvalue weighted by atomic mass is 35.5. The van der Waals surface area contributed by atoms with Gasteiger partial charge >= 0.3 is 0 Å². The third kappa shape index (κ3) is 5.84. The number of benzene rings is 2. The third-order valence-corrected chi connectivity index (χ3v) is 13.4. The zero-order valence-electron chi connectivity index (χ0n) is 32.1. The molecule has 5 aromatic rings. The van der Waals surface area contributed by atoms with E-state index in [-0.39, 0.29) is 69.5 Å². The van der Waals surface area contributed by atoms with Gasteiger partial charge in [0.25, 0.3) is 0 Å². The van der Waals surface area contributed by atoms with Crippen LogP contribution < -0.4 is 5.32 Å². The van der Waals surface area contributed by atoms with Crippen LogP contribution in [0.15, 0.2) is 36.4 Å². The number of halogens is 3. The van der Waals surface area contributed by atoms with E-state index in [0.29, 0.717) is 39.5 Å². The number of aromatic nitrogens is 3. The Kier molecular flexibility index (Phi) is 8.63. The van der Waals surface area contributed by atoms with Crippen molar-refractivity contribution in [2.24, 2.45) is 11.8 Å². The van der Waals surface area contributed by atoms with Gasteiger partial charge < -0.3 is 24.6 Å². The molecule has 3 aliphatic heterocycles. The molecule has 2 aliphatic carbocycles. The van der Waals surface area contributed by atoms with Crippen molar-refractivity contribution < 1.29 is 21.8 Å². The molecule has 5 fully saturated rings. The largest absolute Gasteiger partial charge is 0.387 e. The lowest BCUT2D eigenvalue weighted by Crippen LogP contribution is -2.43. The summed E-state index contributed by atoms with van der Waals surface area (Å²) < 4.78 is 48.1. The standard InChI is InChI=1S/C41H41Cl2FN6O3S/c1-19-12-25(48-54-19)18-53-33-16-32(49(20(33)2)41(52)22-9-10-22)31-15-28-37(21(3)51)47-38-27(40(28)50(31)39-24-14-30(39)46-17-24)13-23(6-5-11-45)34(36(38)44)26-7-4-8-29(42)35(26)43/h4,7-8,12-13,15,20-22,24,30,32-33,39,46,51H,5-6,9-10,14,16-18H2,1-3H3/i18D2. The molecule has 5 aliphatic rings. The van der Waals surface area contributed by atoms with Gasteiger partial charge in [-0.05, 0) is 93.7 Å². The summed E-state index contributed by atoms with van der Waals surface area (Å²) in [5.74, 6) is -0.447. The van der Waals surface area contributed by atoms with Crippen molar-refractivity contribution in [3.63, 3.8) is 0 Å². The number of nitriles is 1. The van der Waals surface area contributed by atoms with Gasteiger partial charge in [-0.1, -0.05) is 35.3 Å². The molecule has 6 heterocycles. The lowest BCUT2D eigenvalue weighted by Gasteiger charge is -2.39. The Morgan fingerprint density at radius 2 is 2.07 bits per heavy atom. The van der Waals surface area contributed by atoms with Crippen LogP contribution in [0.5, 0.6) is 0 Å². The van der Waals surface area contributed by atoms with Gasteiger partial charge in [-0.15, -0.1) is 0 Å². The molecule has 0 radical (unpaired) electrons. The normalized spacial score (nSPS) is 26.2. The molecular weight excluding hydrogens is 746 g/mol. The van der Waals surface area contributed by atoms with Gasteiger partial charge in [0.1, 0.15) is 5.52 Å². The Labute approximate surface area is 330 Å². The van der Waals surface area contributed by atoms with Crippen LogP contribution >= 0.6 is 34.7 Å². The zero-order chi connectivity index (χ0) is 39.4. The highest BCUT2D eigenvalue weighted by Crippen LogP contribution is 2.52. The minimum atomic E-state index is -2.18. The first-order valence-corrected chi connectivity index (χ1v) is 20.2. The predicted molar refractivity (Wildman–Crippen MR) is 208 cm³/mol. The second-order valence-electron chi connectivity index (χ2n) is 15.3. The molecule has 10 rings (SSSR count). The van der Waals surface area contributed by atoms with Gasteiger partial charge in [-0.3, -0.25) is 4.79 Å². The molecule has 280 valence electrons. The van der Waals surface area contributed by atoms with Crippen LogP contribution in [-0.2, 0) is 22.5 Å². The number of aliphatic hydroxyl groups excluding tert-OH is 1. The molecule has 3 aromatic heterocycles. The van der Waals surface area contributed by atoms with Crippen LogP contribution in [0.3, 0.4) is 0 Å². The molecule has 2 aromatic carbocycles. The van der Waals surface area contributed by atoms with Crippen LogP contribution in [0.2, 0.25) is 10.0 Å². The molecule has 2 saturated carbocycles. The number of rotatable bonds is 10. The number of likely N-dealkylation sites (tertiary alicyclic amines) is 1. The number of fused-ring (bicyclic) bond motifs is 4. The smallest absolute Gasteiger partial charge is 0.226 e. The maximum Gasteiger partial charge on any atom is 0.226 e. The van der Waals surface area contributed by atoms with E-state index >= 15 is 4.39 Å². The lowest BCUT2D eigenvalue weighted by atomic mass is 9.79. The number of carbonyl (C=O) groups excluding carboxylic acids is 1. The Balaban J connectivity index is 1.29. The van der Waals surface area contributed by atoms with Crippen LogP contribution in [0.1, 0.15) is 94.4 Å². The Morgan fingerprint density at radius 1 is 1.26 bits per heavy atom. The number of amides is 1. The van der Waals surface area contributed by atoms with Crippen molar-refractivity contribution >= 4 is 62.4 Å². The van der Waals surface area contributed by atoms with Gasteiger partial charge in [0.15, 0.2) is 5.82 Å². The number of ether oxygens (including phenoxy) is 1. The van der Waals surface area contributed by atoms with Crippen molar-refractivity contribution in [1.82, 2.24) is 24.1 Å². The fourth-order valence-corrected chi connectivity index (χ4v) is 10.0. The van der Waals surface area contributed by atoms with Crippen LogP contribution in [0, 0.1) is 35.9 Å². The quantitative estimate of drug-likeness (QED) is 0.145. The topological polar surface area (TPSA) is 116 Å². The van der Waals surface area contributed by atoms with E-state index in [1.54, 1.807) is 31.2 Å². The molecule has 7 atom stereocenters. The predicted octanol–water partition coefficient (Wildman–Crippen LogP) is 8.77. The minimum Gasteiger partial charge on any atom is -0.387 e. The first kappa shape index (κ1) is 33.7. The summed E-state index contributed by atoms with van der Waals surface area (Å²) in [6.07, 6.45) is 1.53.